The van der Waals surface area contributed by atoms with Crippen LogP contribution in [-0.4, -0.2) is 44.7 Å². The van der Waals surface area contributed by atoms with Gasteiger partial charge in [0.05, 0.1) is 22.5 Å². The molecule has 7 nitrogen and oxygen atoms in total. The van der Waals surface area contributed by atoms with E-state index in [1.54, 1.807) is 0 Å². The van der Waals surface area contributed by atoms with Gasteiger partial charge in [0.2, 0.25) is 0 Å². The number of aliphatic hydroxyl groups excluding tert-OH is 2. The Labute approximate surface area is 110 Å². The summed E-state index contributed by atoms with van der Waals surface area (Å²) >= 11 is 0.758. The topological polar surface area (TPSA) is 121 Å². The first kappa shape index (κ1) is 15.3. The molecule has 1 aromatic carbocycles. The largest absolute Gasteiger partial charge is 0.478 e. The Balaban J connectivity index is 3.12. The molecule has 0 amide bonds. The number of nitro groups is 1. The van der Waals surface area contributed by atoms with Crippen molar-refractivity contribution in [2.75, 3.05) is 12.4 Å². The Bertz CT molecular complexity index is 509. The summed E-state index contributed by atoms with van der Waals surface area (Å²) in [5, 5.41) is 37.2. The van der Waals surface area contributed by atoms with Crippen molar-refractivity contribution in [2.24, 2.45) is 0 Å². The summed E-state index contributed by atoms with van der Waals surface area (Å²) in [5.74, 6) is -2.78. The van der Waals surface area contributed by atoms with Crippen LogP contribution in [0.4, 0.5) is 10.1 Å². The van der Waals surface area contributed by atoms with Crippen molar-refractivity contribution in [3.05, 3.63) is 33.6 Å². The van der Waals surface area contributed by atoms with E-state index in [0.717, 1.165) is 17.8 Å². The molecule has 0 saturated heterocycles. The molecule has 0 aliphatic rings. The Morgan fingerprint density at radius 3 is 2.63 bits per heavy atom. The average Bonchev–Trinajstić information content (AvgIpc) is 2.34. The number of carbonyl (C=O) groups is 1. The van der Waals surface area contributed by atoms with Gasteiger partial charge >= 0.3 is 5.97 Å². The SMILES string of the molecule is O=C(O)c1cc([N+](=O)[O-])c(SCC(O)CO)cc1F. The molecule has 0 bridgehead atoms. The minimum atomic E-state index is -1.60. The molecule has 0 radical (unpaired) electrons. The predicted molar refractivity (Wildman–Crippen MR) is 63.8 cm³/mol. The summed E-state index contributed by atoms with van der Waals surface area (Å²) in [5.41, 5.74) is -1.35. The summed E-state index contributed by atoms with van der Waals surface area (Å²) in [6.07, 6.45) is -1.10. The highest BCUT2D eigenvalue weighted by molar-refractivity contribution is 7.99. The van der Waals surface area contributed by atoms with Gasteiger partial charge in [-0.05, 0) is 6.07 Å². The zero-order valence-electron chi connectivity index (χ0n) is 9.45. The normalized spacial score (nSPS) is 12.2. The third-order valence-corrected chi connectivity index (χ3v) is 3.31. The molecule has 0 heterocycles. The number of halogens is 1. The molecule has 0 aliphatic carbocycles. The van der Waals surface area contributed by atoms with Gasteiger partial charge in [-0.2, -0.15) is 0 Å². The number of rotatable bonds is 6. The fraction of sp³-hybridized carbons (Fsp3) is 0.300. The molecule has 1 atom stereocenters. The van der Waals surface area contributed by atoms with Crippen LogP contribution in [0.2, 0.25) is 0 Å². The van der Waals surface area contributed by atoms with Gasteiger partial charge in [0.25, 0.3) is 5.69 Å². The number of aliphatic hydroxyl groups is 2. The van der Waals surface area contributed by atoms with E-state index >= 15 is 0 Å². The molecule has 0 aliphatic heterocycles. The van der Waals surface area contributed by atoms with Crippen LogP contribution in [0.3, 0.4) is 0 Å². The van der Waals surface area contributed by atoms with E-state index in [4.69, 9.17) is 15.3 Å². The number of benzene rings is 1. The molecule has 0 spiro atoms. The van der Waals surface area contributed by atoms with E-state index in [1.807, 2.05) is 0 Å². The van der Waals surface area contributed by atoms with Crippen LogP contribution >= 0.6 is 11.8 Å². The Morgan fingerprint density at radius 1 is 1.53 bits per heavy atom. The third kappa shape index (κ3) is 3.88. The molecule has 104 valence electrons. The van der Waals surface area contributed by atoms with Gasteiger partial charge in [-0.15, -0.1) is 11.8 Å². The van der Waals surface area contributed by atoms with Gasteiger partial charge in [-0.1, -0.05) is 0 Å². The van der Waals surface area contributed by atoms with Crippen LogP contribution < -0.4 is 0 Å². The van der Waals surface area contributed by atoms with Gasteiger partial charge in [0, 0.05) is 11.8 Å². The van der Waals surface area contributed by atoms with Gasteiger partial charge in [-0.25, -0.2) is 9.18 Å². The summed E-state index contributed by atoms with van der Waals surface area (Å²) in [6.45, 7) is -0.531. The summed E-state index contributed by atoms with van der Waals surface area (Å²) in [4.78, 5) is 20.5. The number of thioether (sulfide) groups is 1. The van der Waals surface area contributed by atoms with Crippen molar-refractivity contribution in [3.63, 3.8) is 0 Å². The predicted octanol–water partition coefficient (Wildman–Crippen LogP) is 0.877. The highest BCUT2D eigenvalue weighted by Gasteiger charge is 2.22. The highest BCUT2D eigenvalue weighted by atomic mass is 32.2. The fourth-order valence-corrected chi connectivity index (χ4v) is 2.15. The maximum absolute atomic E-state index is 13.4. The van der Waals surface area contributed by atoms with Crippen LogP contribution in [0.5, 0.6) is 0 Å². The van der Waals surface area contributed by atoms with Crippen molar-refractivity contribution in [2.45, 2.75) is 11.0 Å². The lowest BCUT2D eigenvalue weighted by molar-refractivity contribution is -0.387. The number of aromatic carboxylic acids is 1. The van der Waals surface area contributed by atoms with Crippen LogP contribution in [-0.2, 0) is 0 Å². The van der Waals surface area contributed by atoms with E-state index in [9.17, 15) is 19.3 Å². The first-order valence-electron chi connectivity index (χ1n) is 4.99. The Morgan fingerprint density at radius 2 is 2.16 bits per heavy atom. The zero-order chi connectivity index (χ0) is 14.6. The Hall–Kier alpha value is -1.71. The number of carboxylic acids is 1. The van der Waals surface area contributed by atoms with Crippen LogP contribution in [0.1, 0.15) is 10.4 Å². The van der Waals surface area contributed by atoms with Crippen molar-refractivity contribution >= 4 is 23.4 Å². The summed E-state index contributed by atoms with van der Waals surface area (Å²) in [6, 6.07) is 1.36. The monoisotopic (exact) mass is 291 g/mol. The minimum absolute atomic E-state index is 0.0802. The third-order valence-electron chi connectivity index (χ3n) is 2.12. The van der Waals surface area contributed by atoms with E-state index < -0.39 is 40.7 Å². The summed E-state index contributed by atoms with van der Waals surface area (Å²) in [7, 11) is 0. The standard InChI is InChI=1S/C10H10FNO6S/c11-7-2-9(19-4-5(14)3-13)8(12(17)18)1-6(7)10(15)16/h1-2,5,13-14H,3-4H2,(H,15,16). The van der Waals surface area contributed by atoms with Crippen molar-refractivity contribution in [3.8, 4) is 0 Å². The van der Waals surface area contributed by atoms with Gasteiger partial charge in [-0.3, -0.25) is 10.1 Å². The van der Waals surface area contributed by atoms with Gasteiger partial charge in [0.15, 0.2) is 0 Å². The molecule has 1 aromatic rings. The van der Waals surface area contributed by atoms with Crippen LogP contribution in [0.25, 0.3) is 0 Å². The van der Waals surface area contributed by atoms with Gasteiger partial charge in [0.1, 0.15) is 11.4 Å². The summed E-state index contributed by atoms with van der Waals surface area (Å²) < 4.78 is 13.4. The molecule has 3 N–H and O–H groups in total. The lowest BCUT2D eigenvalue weighted by atomic mass is 10.2. The minimum Gasteiger partial charge on any atom is -0.478 e. The molecular weight excluding hydrogens is 281 g/mol. The Kier molecular flexibility index (Phi) is 5.21. The average molecular weight is 291 g/mol. The molecule has 1 rings (SSSR count). The molecule has 19 heavy (non-hydrogen) atoms. The molecule has 0 fully saturated rings. The number of hydrogen-bond donors (Lipinski definition) is 3. The molecule has 0 saturated carbocycles. The second kappa shape index (κ2) is 6.45. The quantitative estimate of drug-likeness (QED) is 0.404. The molecular formula is C10H10FNO6S. The first-order chi connectivity index (χ1) is 8.86. The van der Waals surface area contributed by atoms with Crippen molar-refractivity contribution in [1.82, 2.24) is 0 Å². The highest BCUT2D eigenvalue weighted by Crippen LogP contribution is 2.32. The lowest BCUT2D eigenvalue weighted by Crippen LogP contribution is -2.14. The molecule has 1 unspecified atom stereocenters. The van der Waals surface area contributed by atoms with E-state index in [2.05, 4.69) is 0 Å². The first-order valence-corrected chi connectivity index (χ1v) is 5.98. The smallest absolute Gasteiger partial charge is 0.338 e. The van der Waals surface area contributed by atoms with Gasteiger partial charge < -0.3 is 15.3 Å². The van der Waals surface area contributed by atoms with Crippen LogP contribution in [0, 0.1) is 15.9 Å². The second-order valence-electron chi connectivity index (χ2n) is 3.51. The molecule has 0 aromatic heterocycles. The zero-order valence-corrected chi connectivity index (χ0v) is 10.3. The number of nitrogens with zero attached hydrogens (tertiary/aromatic N) is 1. The number of nitro benzene ring substituents is 1. The maximum Gasteiger partial charge on any atom is 0.338 e. The van der Waals surface area contributed by atoms with Crippen molar-refractivity contribution in [1.29, 1.82) is 0 Å². The van der Waals surface area contributed by atoms with E-state index in [0.29, 0.717) is 6.07 Å². The maximum atomic E-state index is 13.4. The number of carboxylic acid groups (broad SMARTS) is 1. The second-order valence-corrected chi connectivity index (χ2v) is 4.57. The van der Waals surface area contributed by atoms with Crippen molar-refractivity contribution < 1.29 is 29.4 Å². The van der Waals surface area contributed by atoms with E-state index in [-0.39, 0.29) is 10.6 Å². The molecule has 9 heteroatoms. The fourth-order valence-electron chi connectivity index (χ4n) is 1.20. The number of hydrogen-bond acceptors (Lipinski definition) is 6. The van der Waals surface area contributed by atoms with E-state index in [1.165, 1.54) is 0 Å². The lowest BCUT2D eigenvalue weighted by Gasteiger charge is -2.08. The van der Waals surface area contributed by atoms with Crippen LogP contribution in [0.15, 0.2) is 17.0 Å².